The molecule has 0 aromatic rings. The van der Waals surface area contributed by atoms with Crippen LogP contribution in [0.25, 0.3) is 0 Å². The van der Waals surface area contributed by atoms with Crippen molar-refractivity contribution in [2.24, 2.45) is 11.8 Å². The summed E-state index contributed by atoms with van der Waals surface area (Å²) in [5.41, 5.74) is 1.37. The van der Waals surface area contributed by atoms with Crippen molar-refractivity contribution in [3.05, 3.63) is 11.6 Å². The molecule has 3 heterocycles. The minimum atomic E-state index is -0.0835. The first kappa shape index (κ1) is 15.6. The molecule has 4 nitrogen and oxygen atoms in total. The molecule has 4 heteroatoms. The zero-order chi connectivity index (χ0) is 16.0. The Bertz CT molecular complexity index is 511. The summed E-state index contributed by atoms with van der Waals surface area (Å²) in [6.45, 7) is 7.56. The lowest BCUT2D eigenvalue weighted by Crippen LogP contribution is -2.35. The summed E-state index contributed by atoms with van der Waals surface area (Å²) in [7, 11) is 0. The van der Waals surface area contributed by atoms with Gasteiger partial charge in [0.1, 0.15) is 12.2 Å². The van der Waals surface area contributed by atoms with Crippen molar-refractivity contribution in [3.8, 4) is 0 Å². The van der Waals surface area contributed by atoms with E-state index >= 15 is 0 Å². The topological polar surface area (TPSA) is 42.1 Å². The lowest BCUT2D eigenvalue weighted by atomic mass is 9.80. The highest BCUT2D eigenvalue weighted by molar-refractivity contribution is 5.75. The molecule has 4 rings (SSSR count). The molecule has 0 radical (unpaired) electrons. The summed E-state index contributed by atoms with van der Waals surface area (Å²) in [4.78, 5) is 15.0. The summed E-state index contributed by atoms with van der Waals surface area (Å²) in [5, 5.41) is 0. The van der Waals surface area contributed by atoms with Gasteiger partial charge in [0.05, 0.1) is 11.5 Å². The molecule has 4 aliphatic rings. The average molecular weight is 319 g/mol. The normalized spacial score (nSPS) is 46.5. The van der Waals surface area contributed by atoms with E-state index in [1.807, 2.05) is 0 Å². The van der Waals surface area contributed by atoms with Gasteiger partial charge in [-0.25, -0.2) is 0 Å². The van der Waals surface area contributed by atoms with E-state index in [1.165, 1.54) is 18.4 Å². The van der Waals surface area contributed by atoms with E-state index in [0.29, 0.717) is 5.92 Å². The third-order valence-electron chi connectivity index (χ3n) is 6.39. The van der Waals surface area contributed by atoms with E-state index in [1.54, 1.807) is 0 Å². The van der Waals surface area contributed by atoms with Crippen LogP contribution in [0.3, 0.4) is 0 Å². The molecule has 0 bridgehead atoms. The number of hydrogen-bond donors (Lipinski definition) is 0. The second-order valence-electron chi connectivity index (χ2n) is 8.16. The first-order valence-electron chi connectivity index (χ1n) is 9.33. The van der Waals surface area contributed by atoms with Gasteiger partial charge >= 0.3 is 5.97 Å². The van der Waals surface area contributed by atoms with Crippen molar-refractivity contribution in [2.75, 3.05) is 19.6 Å². The Hall–Kier alpha value is -0.870. The molecule has 0 N–H and O–H groups in total. The third kappa shape index (κ3) is 2.96. The maximum absolute atomic E-state index is 12.6. The van der Waals surface area contributed by atoms with Crippen molar-refractivity contribution in [3.63, 3.8) is 0 Å². The van der Waals surface area contributed by atoms with Crippen LogP contribution < -0.4 is 0 Å². The lowest BCUT2D eigenvalue weighted by Gasteiger charge is -2.25. The number of carbonyl (C=O) groups is 1. The second kappa shape index (κ2) is 5.89. The Morgan fingerprint density at radius 3 is 2.91 bits per heavy atom. The van der Waals surface area contributed by atoms with Crippen molar-refractivity contribution < 1.29 is 14.3 Å². The molecule has 23 heavy (non-hydrogen) atoms. The second-order valence-corrected chi connectivity index (χ2v) is 8.16. The molecule has 0 amide bonds. The quantitative estimate of drug-likeness (QED) is 0.446. The number of esters is 1. The van der Waals surface area contributed by atoms with E-state index in [2.05, 4.69) is 24.8 Å². The summed E-state index contributed by atoms with van der Waals surface area (Å²) in [6.07, 6.45) is 9.22. The van der Waals surface area contributed by atoms with Gasteiger partial charge in [0, 0.05) is 12.5 Å². The number of carbonyl (C=O) groups excluding carboxylic acids is 1. The van der Waals surface area contributed by atoms with Gasteiger partial charge in [0.2, 0.25) is 0 Å². The maximum atomic E-state index is 12.6. The largest absolute Gasteiger partial charge is 0.459 e. The van der Waals surface area contributed by atoms with Crippen LogP contribution in [0.15, 0.2) is 11.6 Å². The van der Waals surface area contributed by atoms with E-state index in [4.69, 9.17) is 9.47 Å². The number of likely N-dealkylation sites (tertiary alicyclic amines) is 1. The fourth-order valence-electron chi connectivity index (χ4n) is 4.79. The van der Waals surface area contributed by atoms with Crippen molar-refractivity contribution in [2.45, 2.75) is 70.2 Å². The van der Waals surface area contributed by atoms with Crippen LogP contribution >= 0.6 is 0 Å². The smallest absolute Gasteiger partial charge is 0.311 e. The molecule has 0 aromatic carbocycles. The number of epoxide rings is 1. The van der Waals surface area contributed by atoms with Crippen LogP contribution in [0.2, 0.25) is 0 Å². The van der Waals surface area contributed by atoms with E-state index in [-0.39, 0.29) is 29.7 Å². The van der Waals surface area contributed by atoms with E-state index in [9.17, 15) is 4.79 Å². The van der Waals surface area contributed by atoms with Gasteiger partial charge in [0.25, 0.3) is 0 Å². The van der Waals surface area contributed by atoms with E-state index < -0.39 is 0 Å². The van der Waals surface area contributed by atoms with Crippen LogP contribution in [0.4, 0.5) is 0 Å². The number of rotatable bonds is 2. The predicted octanol–water partition coefficient (Wildman–Crippen LogP) is 2.92. The van der Waals surface area contributed by atoms with Gasteiger partial charge in [-0.15, -0.1) is 0 Å². The highest BCUT2D eigenvalue weighted by Crippen LogP contribution is 2.50. The van der Waals surface area contributed by atoms with Gasteiger partial charge in [-0.1, -0.05) is 11.6 Å². The molecule has 0 saturated carbocycles. The molecule has 1 aliphatic carbocycles. The molecule has 3 fully saturated rings. The molecular weight excluding hydrogens is 290 g/mol. The van der Waals surface area contributed by atoms with Crippen molar-refractivity contribution in [1.29, 1.82) is 0 Å². The molecule has 128 valence electrons. The predicted molar refractivity (Wildman–Crippen MR) is 88.0 cm³/mol. The van der Waals surface area contributed by atoms with Gasteiger partial charge in [-0.05, 0) is 65.5 Å². The Labute approximate surface area is 139 Å². The number of nitrogens with zero attached hydrogens (tertiary/aromatic N) is 1. The third-order valence-corrected chi connectivity index (χ3v) is 6.39. The highest BCUT2D eigenvalue weighted by Gasteiger charge is 2.62. The molecule has 0 spiro atoms. The number of fused-ring (bicyclic) bond motifs is 3. The number of allylic oxidation sites excluding steroid dienone is 2. The fraction of sp³-hybridized carbons (Fsp3) is 0.842. The molecule has 3 saturated heterocycles. The van der Waals surface area contributed by atoms with Crippen LogP contribution in [0, 0.1) is 11.8 Å². The number of hydrogen-bond acceptors (Lipinski definition) is 4. The van der Waals surface area contributed by atoms with Crippen molar-refractivity contribution in [1.82, 2.24) is 4.90 Å². The number of ether oxygens (including phenoxy) is 2. The molecule has 0 aromatic heterocycles. The van der Waals surface area contributed by atoms with Crippen LogP contribution in [-0.2, 0) is 14.3 Å². The first-order chi connectivity index (χ1) is 11.1. The Morgan fingerprint density at radius 2 is 2.13 bits per heavy atom. The summed E-state index contributed by atoms with van der Waals surface area (Å²) >= 11 is 0. The fourth-order valence-corrected chi connectivity index (χ4v) is 4.79. The monoisotopic (exact) mass is 319 g/mol. The van der Waals surface area contributed by atoms with Crippen molar-refractivity contribution >= 4 is 5.97 Å². The minimum Gasteiger partial charge on any atom is -0.459 e. The summed E-state index contributed by atoms with van der Waals surface area (Å²) in [5.74, 6) is 0.376. The SMILES string of the molecule is C/C1=C/CCC2(C)OC2C2OC(=O)C(CN3CCCC3)C2CC1. The molecule has 3 aliphatic heterocycles. The zero-order valence-corrected chi connectivity index (χ0v) is 14.4. The highest BCUT2D eigenvalue weighted by atomic mass is 16.6. The minimum absolute atomic E-state index is 0.0191. The lowest BCUT2D eigenvalue weighted by molar-refractivity contribution is -0.145. The standard InChI is InChI=1S/C19H29NO3/c1-13-6-5-9-19(2)17(23-19)16-14(8-7-13)15(18(21)22-16)12-20-10-3-4-11-20/h6,14-17H,3-5,7-12H2,1-2H3/b13-6-. The first-order valence-corrected chi connectivity index (χ1v) is 9.33. The van der Waals surface area contributed by atoms with Gasteiger partial charge < -0.3 is 14.4 Å². The molecular formula is C19H29NO3. The molecule has 5 unspecified atom stereocenters. The molecule has 5 atom stereocenters. The maximum Gasteiger partial charge on any atom is 0.311 e. The van der Waals surface area contributed by atoms with Gasteiger partial charge in [0.15, 0.2) is 0 Å². The Kier molecular flexibility index (Phi) is 4.01. The summed E-state index contributed by atoms with van der Waals surface area (Å²) < 4.78 is 11.9. The van der Waals surface area contributed by atoms with E-state index in [0.717, 1.165) is 45.3 Å². The van der Waals surface area contributed by atoms with Crippen LogP contribution in [0.1, 0.15) is 52.4 Å². The van der Waals surface area contributed by atoms with Crippen LogP contribution in [0.5, 0.6) is 0 Å². The average Bonchev–Trinajstić information content (AvgIpc) is 2.87. The Balaban J connectivity index is 1.54. The zero-order valence-electron chi connectivity index (χ0n) is 14.4. The summed E-state index contributed by atoms with van der Waals surface area (Å²) in [6, 6.07) is 0. The van der Waals surface area contributed by atoms with Crippen LogP contribution in [-0.4, -0.2) is 48.3 Å². The van der Waals surface area contributed by atoms with Gasteiger partial charge in [-0.3, -0.25) is 4.79 Å². The Morgan fingerprint density at radius 1 is 1.35 bits per heavy atom. The van der Waals surface area contributed by atoms with Gasteiger partial charge in [-0.2, -0.15) is 0 Å².